The molecule has 1 heterocycles. The van der Waals surface area contributed by atoms with Gasteiger partial charge >= 0.3 is 0 Å². The largest absolute Gasteiger partial charge is 0.390 e. The van der Waals surface area contributed by atoms with Gasteiger partial charge in [-0.1, -0.05) is 162 Å². The van der Waals surface area contributed by atoms with Crippen LogP contribution in [0.25, 0.3) is 0 Å². The van der Waals surface area contributed by atoms with Crippen LogP contribution >= 0.6 is 0 Å². The monoisotopic (exact) mass is 625 g/mol. The highest BCUT2D eigenvalue weighted by molar-refractivity contribution is 5.37. The second-order valence-electron chi connectivity index (χ2n) is 18.1. The molecule has 45 heavy (non-hydrogen) atoms. The Morgan fingerprint density at radius 1 is 0.778 bits per heavy atom. The highest BCUT2D eigenvalue weighted by atomic mass is 16.6. The van der Waals surface area contributed by atoms with Gasteiger partial charge in [0.25, 0.3) is 0 Å². The summed E-state index contributed by atoms with van der Waals surface area (Å²) < 4.78 is 6.78. The van der Waals surface area contributed by atoms with E-state index in [1.54, 1.807) is 5.57 Å². The Kier molecular flexibility index (Phi) is 12.7. The first-order chi connectivity index (χ1) is 21.7. The van der Waals surface area contributed by atoms with Crippen molar-refractivity contribution in [3.63, 3.8) is 0 Å². The van der Waals surface area contributed by atoms with E-state index in [1.165, 1.54) is 148 Å². The molecule has 1 aliphatic heterocycles. The molecule has 1 N–H and O–H groups in total. The smallest absolute Gasteiger partial charge is 0.114 e. The van der Waals surface area contributed by atoms with Gasteiger partial charge in [0.05, 0.1) is 6.10 Å². The van der Waals surface area contributed by atoms with Crippen LogP contribution in [0.4, 0.5) is 0 Å². The molecule has 4 aliphatic carbocycles. The Morgan fingerprint density at radius 2 is 1.40 bits per heavy atom. The molecule has 0 bridgehead atoms. The summed E-state index contributed by atoms with van der Waals surface area (Å²) in [5.41, 5.74) is 2.15. The summed E-state index contributed by atoms with van der Waals surface area (Å²) in [6.07, 6.45) is 35.4. The van der Waals surface area contributed by atoms with Crippen molar-refractivity contribution < 1.29 is 9.84 Å². The molecule has 0 aromatic rings. The lowest BCUT2D eigenvalue weighted by Gasteiger charge is -2.59. The molecule has 0 aromatic carbocycles. The van der Waals surface area contributed by atoms with E-state index in [0.717, 1.165) is 41.9 Å². The third-order valence-corrected chi connectivity index (χ3v) is 15.0. The minimum atomic E-state index is -0.288. The SMILES string of the molecule is CCCCCCCCCCCCCCCCC12OC1[C@@H](O)CC1=CC[C@H]3[C@@H]4CC[C@H]([C@H](C)CCCC(C)C)[C@@]4(C)CC[C@@H]3[C@]12C. The van der Waals surface area contributed by atoms with Crippen molar-refractivity contribution in [2.24, 2.45) is 46.3 Å². The molecule has 0 aromatic heterocycles. The van der Waals surface area contributed by atoms with Crippen molar-refractivity contribution in [3.8, 4) is 0 Å². The first kappa shape index (κ1) is 36.0. The minimum absolute atomic E-state index is 0.0889. The van der Waals surface area contributed by atoms with Crippen LogP contribution in [0, 0.1) is 46.3 Å². The van der Waals surface area contributed by atoms with E-state index < -0.39 is 0 Å². The molecule has 0 spiro atoms. The third-order valence-electron chi connectivity index (χ3n) is 15.0. The number of allylic oxidation sites excluding steroid dienone is 1. The van der Waals surface area contributed by atoms with E-state index in [1.807, 2.05) is 0 Å². The fourth-order valence-electron chi connectivity index (χ4n) is 12.3. The first-order valence-electron chi connectivity index (χ1n) is 20.7. The van der Waals surface area contributed by atoms with Crippen LogP contribution in [0.5, 0.6) is 0 Å². The first-order valence-corrected chi connectivity index (χ1v) is 20.7. The zero-order chi connectivity index (χ0) is 32.1. The molecule has 0 radical (unpaired) electrons. The number of hydrogen-bond donors (Lipinski definition) is 1. The summed E-state index contributed by atoms with van der Waals surface area (Å²) >= 11 is 0. The van der Waals surface area contributed by atoms with Crippen LogP contribution < -0.4 is 0 Å². The number of ether oxygens (including phenoxy) is 1. The van der Waals surface area contributed by atoms with Gasteiger partial charge in [0.15, 0.2) is 0 Å². The molecule has 2 unspecified atom stereocenters. The maximum absolute atomic E-state index is 11.2. The molecule has 0 amide bonds. The molecule has 5 rings (SSSR count). The molecule has 2 nitrogen and oxygen atoms in total. The van der Waals surface area contributed by atoms with Crippen molar-refractivity contribution in [2.75, 3.05) is 0 Å². The lowest BCUT2D eigenvalue weighted by atomic mass is 9.44. The average Bonchev–Trinajstić information content (AvgIpc) is 3.66. The van der Waals surface area contributed by atoms with Crippen molar-refractivity contribution in [3.05, 3.63) is 11.6 Å². The van der Waals surface area contributed by atoms with E-state index in [2.05, 4.69) is 47.6 Å². The predicted molar refractivity (Wildman–Crippen MR) is 192 cm³/mol. The molecule has 1 saturated heterocycles. The lowest BCUT2D eigenvalue weighted by Crippen LogP contribution is -2.58. The molecule has 3 saturated carbocycles. The molecule has 260 valence electrons. The Morgan fingerprint density at radius 3 is 2.02 bits per heavy atom. The van der Waals surface area contributed by atoms with Crippen molar-refractivity contribution in [1.29, 1.82) is 0 Å². The van der Waals surface area contributed by atoms with Gasteiger partial charge in [-0.15, -0.1) is 0 Å². The number of rotatable bonds is 20. The summed E-state index contributed by atoms with van der Waals surface area (Å²) in [6, 6.07) is 0. The third kappa shape index (κ3) is 7.48. The molecular formula is C43H76O2. The fraction of sp³-hybridized carbons (Fsp3) is 0.953. The Hall–Kier alpha value is -0.340. The molecule has 4 fully saturated rings. The van der Waals surface area contributed by atoms with Crippen LogP contribution in [0.3, 0.4) is 0 Å². The van der Waals surface area contributed by atoms with E-state index >= 15 is 0 Å². The summed E-state index contributed by atoms with van der Waals surface area (Å²) in [5.74, 6) is 5.06. The van der Waals surface area contributed by atoms with Gasteiger partial charge < -0.3 is 9.84 Å². The summed E-state index contributed by atoms with van der Waals surface area (Å²) in [5, 5.41) is 11.2. The number of aliphatic hydroxyl groups excluding tert-OH is 1. The van der Waals surface area contributed by atoms with E-state index in [4.69, 9.17) is 4.74 Å². The van der Waals surface area contributed by atoms with Gasteiger partial charge in [-0.05, 0) is 85.9 Å². The predicted octanol–water partition coefficient (Wildman–Crippen LogP) is 12.6. The topological polar surface area (TPSA) is 32.8 Å². The Labute approximate surface area is 280 Å². The average molecular weight is 625 g/mol. The molecule has 5 aliphatic rings. The lowest BCUT2D eigenvalue weighted by molar-refractivity contribution is -0.0742. The maximum Gasteiger partial charge on any atom is 0.114 e. The van der Waals surface area contributed by atoms with Crippen LogP contribution in [0.1, 0.15) is 196 Å². The van der Waals surface area contributed by atoms with Crippen LogP contribution in [-0.2, 0) is 4.74 Å². The zero-order valence-corrected chi connectivity index (χ0v) is 31.0. The Balaban J connectivity index is 1.11. The van der Waals surface area contributed by atoms with E-state index in [9.17, 15) is 5.11 Å². The van der Waals surface area contributed by atoms with Crippen LogP contribution in [0.15, 0.2) is 11.6 Å². The van der Waals surface area contributed by atoms with Crippen molar-refractivity contribution >= 4 is 0 Å². The second kappa shape index (κ2) is 15.9. The quantitative estimate of drug-likeness (QED) is 0.0830. The normalized spacial score (nSPS) is 39.2. The van der Waals surface area contributed by atoms with E-state index in [0.29, 0.717) is 5.41 Å². The standard InChI is InChI=1S/C43H76O2/c1-7-8-9-10-11-12-13-14-15-16-17-18-19-20-29-43-40(45-43)39(44)31-34-24-25-35-37-27-26-36(33(4)23-21-22-32(2)3)41(37,5)30-28-38(35)42(34,43)6/h24,32-33,35-40,44H,7-23,25-31H2,1-6H3/t33-,35+,36-,37+,38+,39+,40?,41-,42+,43?/m1/s1. The number of unbranched alkanes of at least 4 members (excludes halogenated alkanes) is 13. The van der Waals surface area contributed by atoms with Gasteiger partial charge in [0.1, 0.15) is 11.7 Å². The van der Waals surface area contributed by atoms with Gasteiger partial charge in [-0.3, -0.25) is 0 Å². The Bertz CT molecular complexity index is 938. The summed E-state index contributed by atoms with van der Waals surface area (Å²) in [4.78, 5) is 0. The van der Waals surface area contributed by atoms with E-state index in [-0.39, 0.29) is 23.2 Å². The summed E-state index contributed by atoms with van der Waals surface area (Å²) in [7, 11) is 0. The van der Waals surface area contributed by atoms with Crippen LogP contribution in [-0.4, -0.2) is 22.9 Å². The van der Waals surface area contributed by atoms with Crippen molar-refractivity contribution in [2.45, 2.75) is 213 Å². The van der Waals surface area contributed by atoms with Gasteiger partial charge in [-0.2, -0.15) is 0 Å². The minimum Gasteiger partial charge on any atom is -0.390 e. The highest BCUT2D eigenvalue weighted by Crippen LogP contribution is 2.73. The fourth-order valence-corrected chi connectivity index (χ4v) is 12.3. The molecular weight excluding hydrogens is 548 g/mol. The zero-order valence-electron chi connectivity index (χ0n) is 31.0. The number of hydrogen-bond acceptors (Lipinski definition) is 2. The second-order valence-corrected chi connectivity index (χ2v) is 18.1. The molecule has 2 heteroatoms. The number of fused-ring (bicyclic) bond motifs is 7. The van der Waals surface area contributed by atoms with Gasteiger partial charge in [0.2, 0.25) is 0 Å². The molecule has 10 atom stereocenters. The maximum atomic E-state index is 11.2. The highest BCUT2D eigenvalue weighted by Gasteiger charge is 2.76. The van der Waals surface area contributed by atoms with Crippen LogP contribution in [0.2, 0.25) is 0 Å². The summed E-state index contributed by atoms with van der Waals surface area (Å²) in [6.45, 7) is 15.0. The number of epoxide rings is 1. The number of aliphatic hydroxyl groups is 1. The van der Waals surface area contributed by atoms with Gasteiger partial charge in [-0.25, -0.2) is 0 Å². The van der Waals surface area contributed by atoms with Gasteiger partial charge in [0, 0.05) is 5.41 Å². The van der Waals surface area contributed by atoms with Crippen molar-refractivity contribution in [1.82, 2.24) is 0 Å².